The highest BCUT2D eigenvalue weighted by molar-refractivity contribution is 5.91. The van der Waals surface area contributed by atoms with Gasteiger partial charge < -0.3 is 0 Å². The normalized spacial score (nSPS) is 46.7. The van der Waals surface area contributed by atoms with Gasteiger partial charge in [0, 0.05) is 6.42 Å². The molecule has 24 heavy (non-hydrogen) atoms. The zero-order chi connectivity index (χ0) is 17.5. The SMILES string of the molecule is C=CC1CCC2C3CCC4=CC(=O)CCC4(C)C3CCC12C.CC. The average molecular weight is 329 g/mol. The Labute approximate surface area is 149 Å². The van der Waals surface area contributed by atoms with Crippen molar-refractivity contribution >= 4 is 5.78 Å². The van der Waals surface area contributed by atoms with E-state index in [1.807, 2.05) is 19.9 Å². The van der Waals surface area contributed by atoms with Gasteiger partial charge in [0.1, 0.15) is 0 Å². The minimum atomic E-state index is 0.324. The molecule has 6 unspecified atom stereocenters. The predicted octanol–water partition coefficient (Wildman–Crippen LogP) is 6.35. The van der Waals surface area contributed by atoms with Crippen LogP contribution in [0.1, 0.15) is 79.1 Å². The van der Waals surface area contributed by atoms with E-state index in [0.29, 0.717) is 16.6 Å². The summed E-state index contributed by atoms with van der Waals surface area (Å²) in [7, 11) is 0. The van der Waals surface area contributed by atoms with Crippen molar-refractivity contribution in [2.75, 3.05) is 0 Å². The third kappa shape index (κ3) is 2.45. The Morgan fingerprint density at radius 2 is 1.79 bits per heavy atom. The maximum Gasteiger partial charge on any atom is 0.155 e. The van der Waals surface area contributed by atoms with Gasteiger partial charge in [-0.1, -0.05) is 39.3 Å². The smallest absolute Gasteiger partial charge is 0.155 e. The molecule has 3 saturated carbocycles. The monoisotopic (exact) mass is 328 g/mol. The molecule has 1 heteroatoms. The van der Waals surface area contributed by atoms with Crippen molar-refractivity contribution in [2.45, 2.75) is 79.1 Å². The third-order valence-electron chi connectivity index (χ3n) is 8.32. The van der Waals surface area contributed by atoms with Gasteiger partial charge in [0.25, 0.3) is 0 Å². The highest BCUT2D eigenvalue weighted by Crippen LogP contribution is 2.66. The Morgan fingerprint density at radius 3 is 2.50 bits per heavy atom. The molecule has 4 rings (SSSR count). The summed E-state index contributed by atoms with van der Waals surface area (Å²) in [6, 6.07) is 0. The molecule has 0 bridgehead atoms. The van der Waals surface area contributed by atoms with Crippen molar-refractivity contribution in [3.8, 4) is 0 Å². The molecule has 0 aromatic heterocycles. The summed E-state index contributed by atoms with van der Waals surface area (Å²) >= 11 is 0. The van der Waals surface area contributed by atoms with Crippen molar-refractivity contribution < 1.29 is 4.79 Å². The van der Waals surface area contributed by atoms with Crippen molar-refractivity contribution in [3.05, 3.63) is 24.3 Å². The first-order valence-electron chi connectivity index (χ1n) is 10.4. The molecule has 0 spiro atoms. The first-order chi connectivity index (χ1) is 11.5. The van der Waals surface area contributed by atoms with Gasteiger partial charge in [-0.2, -0.15) is 0 Å². The number of carbonyl (C=O) groups is 1. The molecular weight excluding hydrogens is 292 g/mol. The van der Waals surface area contributed by atoms with E-state index in [-0.39, 0.29) is 0 Å². The number of hydrogen-bond donors (Lipinski definition) is 0. The summed E-state index contributed by atoms with van der Waals surface area (Å²) in [6.45, 7) is 13.1. The molecule has 4 aliphatic carbocycles. The van der Waals surface area contributed by atoms with E-state index in [9.17, 15) is 4.79 Å². The summed E-state index contributed by atoms with van der Waals surface area (Å²) in [5.41, 5.74) is 2.32. The van der Waals surface area contributed by atoms with Crippen LogP contribution in [0.2, 0.25) is 0 Å². The Kier molecular flexibility index (Phi) is 4.84. The molecule has 0 radical (unpaired) electrons. The zero-order valence-corrected chi connectivity index (χ0v) is 16.2. The lowest BCUT2D eigenvalue weighted by atomic mass is 9.47. The molecule has 0 aromatic carbocycles. The van der Waals surface area contributed by atoms with E-state index in [4.69, 9.17) is 0 Å². The molecule has 4 aliphatic rings. The second-order valence-electron chi connectivity index (χ2n) is 8.93. The van der Waals surface area contributed by atoms with E-state index in [1.165, 1.54) is 44.1 Å². The van der Waals surface area contributed by atoms with Gasteiger partial charge in [0.05, 0.1) is 0 Å². The highest BCUT2D eigenvalue weighted by atomic mass is 16.1. The van der Waals surface area contributed by atoms with Crippen LogP contribution in [-0.4, -0.2) is 5.78 Å². The van der Waals surface area contributed by atoms with Crippen molar-refractivity contribution in [1.82, 2.24) is 0 Å². The topological polar surface area (TPSA) is 17.1 Å². The van der Waals surface area contributed by atoms with Crippen molar-refractivity contribution in [1.29, 1.82) is 0 Å². The van der Waals surface area contributed by atoms with Gasteiger partial charge in [0.2, 0.25) is 0 Å². The fourth-order valence-electron chi connectivity index (χ4n) is 6.99. The fraction of sp³-hybridized carbons (Fsp3) is 0.783. The van der Waals surface area contributed by atoms with Crippen LogP contribution in [0.3, 0.4) is 0 Å². The van der Waals surface area contributed by atoms with Crippen LogP contribution in [0.25, 0.3) is 0 Å². The lowest BCUT2D eigenvalue weighted by molar-refractivity contribution is -0.117. The number of hydrogen-bond acceptors (Lipinski definition) is 1. The standard InChI is InChI=1S/C21H30O.C2H6/c1-4-14-6-8-18-17-7-5-15-13-16(22)9-11-21(15,3)19(17)10-12-20(14,18)2;1-2/h4,13-14,17-19H,1,5-12H2,2-3H3;1-2H3. The summed E-state index contributed by atoms with van der Waals surface area (Å²) in [5.74, 6) is 3.71. The molecule has 134 valence electrons. The zero-order valence-electron chi connectivity index (χ0n) is 16.2. The third-order valence-corrected chi connectivity index (χ3v) is 8.32. The van der Waals surface area contributed by atoms with Crippen LogP contribution in [0.4, 0.5) is 0 Å². The molecule has 0 heterocycles. The Morgan fingerprint density at radius 1 is 1.04 bits per heavy atom. The number of fused-ring (bicyclic) bond motifs is 5. The first-order valence-corrected chi connectivity index (χ1v) is 10.4. The number of allylic oxidation sites excluding steroid dienone is 2. The summed E-state index contributed by atoms with van der Waals surface area (Å²) in [4.78, 5) is 11.8. The van der Waals surface area contributed by atoms with E-state index in [2.05, 4.69) is 26.5 Å². The van der Waals surface area contributed by atoms with Gasteiger partial charge in [-0.05, 0) is 85.5 Å². The maximum atomic E-state index is 11.8. The minimum absolute atomic E-state index is 0.324. The Bertz CT molecular complexity index is 544. The Balaban J connectivity index is 0.000000815. The van der Waals surface area contributed by atoms with Gasteiger partial charge >= 0.3 is 0 Å². The quantitative estimate of drug-likeness (QED) is 0.513. The molecule has 0 amide bonds. The average Bonchev–Trinajstić information content (AvgIpc) is 2.93. The van der Waals surface area contributed by atoms with E-state index < -0.39 is 0 Å². The van der Waals surface area contributed by atoms with Gasteiger partial charge in [0.15, 0.2) is 5.78 Å². The van der Waals surface area contributed by atoms with Crippen LogP contribution in [-0.2, 0) is 4.79 Å². The summed E-state index contributed by atoms with van der Waals surface area (Å²) in [5, 5.41) is 0. The van der Waals surface area contributed by atoms with Gasteiger partial charge in [-0.3, -0.25) is 4.79 Å². The van der Waals surface area contributed by atoms with E-state index >= 15 is 0 Å². The molecule has 0 saturated heterocycles. The lowest BCUT2D eigenvalue weighted by Crippen LogP contribution is -2.50. The van der Waals surface area contributed by atoms with Crippen LogP contribution in [0.5, 0.6) is 0 Å². The summed E-state index contributed by atoms with van der Waals surface area (Å²) in [6.07, 6.45) is 14.1. The maximum absolute atomic E-state index is 11.8. The van der Waals surface area contributed by atoms with Gasteiger partial charge in [-0.15, -0.1) is 6.58 Å². The van der Waals surface area contributed by atoms with E-state index in [0.717, 1.165) is 36.5 Å². The number of carbonyl (C=O) groups excluding carboxylic acids is 1. The first kappa shape index (κ1) is 18.0. The molecule has 0 aromatic rings. The van der Waals surface area contributed by atoms with E-state index in [1.54, 1.807) is 0 Å². The van der Waals surface area contributed by atoms with Crippen LogP contribution < -0.4 is 0 Å². The molecule has 6 atom stereocenters. The van der Waals surface area contributed by atoms with Crippen LogP contribution >= 0.6 is 0 Å². The van der Waals surface area contributed by atoms with Crippen LogP contribution in [0, 0.1) is 34.5 Å². The second-order valence-corrected chi connectivity index (χ2v) is 8.93. The molecule has 0 N–H and O–H groups in total. The van der Waals surface area contributed by atoms with Crippen LogP contribution in [0.15, 0.2) is 24.3 Å². The second kappa shape index (κ2) is 6.46. The number of ketones is 1. The highest BCUT2D eigenvalue weighted by Gasteiger charge is 2.58. The molecule has 0 aliphatic heterocycles. The molecule has 1 nitrogen and oxygen atoms in total. The molecule has 3 fully saturated rings. The van der Waals surface area contributed by atoms with Gasteiger partial charge in [-0.25, -0.2) is 0 Å². The predicted molar refractivity (Wildman–Crippen MR) is 102 cm³/mol. The number of rotatable bonds is 1. The summed E-state index contributed by atoms with van der Waals surface area (Å²) < 4.78 is 0. The largest absolute Gasteiger partial charge is 0.295 e. The molecular formula is C23H36O. The van der Waals surface area contributed by atoms with Crippen molar-refractivity contribution in [3.63, 3.8) is 0 Å². The van der Waals surface area contributed by atoms with Crippen molar-refractivity contribution in [2.24, 2.45) is 34.5 Å². The lowest BCUT2D eigenvalue weighted by Gasteiger charge is -2.58. The fourth-order valence-corrected chi connectivity index (χ4v) is 6.99. The minimum Gasteiger partial charge on any atom is -0.295 e. The Hall–Kier alpha value is -0.850.